The van der Waals surface area contributed by atoms with E-state index in [4.69, 9.17) is 5.73 Å². The Balaban J connectivity index is 2.64. The number of halogens is 3. The van der Waals surface area contributed by atoms with E-state index in [0.717, 1.165) is 11.1 Å². The first-order valence-electron chi connectivity index (χ1n) is 5.48. The first-order valence-corrected chi connectivity index (χ1v) is 5.48. The minimum atomic E-state index is -4.31. The summed E-state index contributed by atoms with van der Waals surface area (Å²) >= 11 is 0. The van der Waals surface area contributed by atoms with Crippen LogP contribution in [-0.4, -0.2) is 12.1 Å². The molecule has 1 amide bonds. The molecule has 0 radical (unpaired) electrons. The molecule has 0 saturated carbocycles. The Morgan fingerprint density at radius 2 is 2.06 bits per heavy atom. The van der Waals surface area contributed by atoms with Crippen LogP contribution in [0.5, 0.6) is 0 Å². The van der Waals surface area contributed by atoms with E-state index < -0.39 is 24.9 Å². The lowest BCUT2D eigenvalue weighted by atomic mass is 10.1. The fourth-order valence-electron chi connectivity index (χ4n) is 1.40. The van der Waals surface area contributed by atoms with Crippen LogP contribution in [0.4, 0.5) is 18.9 Å². The Morgan fingerprint density at radius 1 is 1.39 bits per heavy atom. The number of alkyl halides is 3. The number of rotatable bonds is 4. The van der Waals surface area contributed by atoms with Crippen molar-refractivity contribution in [2.24, 2.45) is 5.73 Å². The molecule has 0 bridgehead atoms. The van der Waals surface area contributed by atoms with Gasteiger partial charge in [0.15, 0.2) is 0 Å². The van der Waals surface area contributed by atoms with Gasteiger partial charge >= 0.3 is 6.18 Å². The maximum atomic E-state index is 12.0. The Hall–Kier alpha value is -1.56. The quantitative estimate of drug-likeness (QED) is 0.874. The van der Waals surface area contributed by atoms with Gasteiger partial charge in [-0.25, -0.2) is 0 Å². The molecule has 0 unspecified atom stereocenters. The Morgan fingerprint density at radius 3 is 2.61 bits per heavy atom. The first kappa shape index (κ1) is 14.5. The van der Waals surface area contributed by atoms with E-state index in [2.05, 4.69) is 5.32 Å². The van der Waals surface area contributed by atoms with Gasteiger partial charge in [0.05, 0.1) is 6.42 Å². The van der Waals surface area contributed by atoms with Crippen molar-refractivity contribution in [1.82, 2.24) is 0 Å². The van der Waals surface area contributed by atoms with Crippen LogP contribution in [0.1, 0.15) is 24.0 Å². The number of carbonyl (C=O) groups is 1. The van der Waals surface area contributed by atoms with Crippen molar-refractivity contribution in [1.29, 1.82) is 0 Å². The highest BCUT2D eigenvalue weighted by molar-refractivity contribution is 5.91. The number of anilines is 1. The maximum Gasteiger partial charge on any atom is 0.389 e. The van der Waals surface area contributed by atoms with Crippen molar-refractivity contribution in [3.8, 4) is 0 Å². The second-order valence-electron chi connectivity index (χ2n) is 4.02. The van der Waals surface area contributed by atoms with Gasteiger partial charge in [-0.2, -0.15) is 13.2 Å². The second-order valence-corrected chi connectivity index (χ2v) is 4.02. The van der Waals surface area contributed by atoms with Crippen molar-refractivity contribution in [2.45, 2.75) is 32.5 Å². The molecule has 1 rings (SSSR count). The first-order chi connectivity index (χ1) is 8.31. The number of carbonyl (C=O) groups excluding carboxylic acids is 1. The largest absolute Gasteiger partial charge is 0.389 e. The molecule has 0 aliphatic heterocycles. The van der Waals surface area contributed by atoms with Gasteiger partial charge in [-0.1, -0.05) is 12.1 Å². The van der Waals surface area contributed by atoms with Gasteiger partial charge in [0.25, 0.3) is 0 Å². The van der Waals surface area contributed by atoms with Gasteiger partial charge in [0.2, 0.25) is 5.91 Å². The van der Waals surface area contributed by atoms with E-state index in [9.17, 15) is 18.0 Å². The predicted octanol–water partition coefficient (Wildman–Crippen LogP) is 2.73. The summed E-state index contributed by atoms with van der Waals surface area (Å²) in [4.78, 5) is 11.4. The third-order valence-corrected chi connectivity index (χ3v) is 2.45. The minimum Gasteiger partial charge on any atom is -0.326 e. The van der Waals surface area contributed by atoms with Gasteiger partial charge < -0.3 is 11.1 Å². The Labute approximate surface area is 103 Å². The van der Waals surface area contributed by atoms with E-state index in [1.807, 2.05) is 0 Å². The molecule has 0 aliphatic carbocycles. The van der Waals surface area contributed by atoms with Crippen LogP contribution in [0, 0.1) is 6.92 Å². The maximum absolute atomic E-state index is 12.0. The van der Waals surface area contributed by atoms with E-state index in [0.29, 0.717) is 12.2 Å². The highest BCUT2D eigenvalue weighted by Crippen LogP contribution is 2.22. The molecule has 3 N–H and O–H groups in total. The molecule has 3 nitrogen and oxygen atoms in total. The third-order valence-electron chi connectivity index (χ3n) is 2.45. The highest BCUT2D eigenvalue weighted by atomic mass is 19.4. The summed E-state index contributed by atoms with van der Waals surface area (Å²) in [5.41, 5.74) is 7.56. The molecule has 1 aromatic rings. The molecule has 0 aromatic heterocycles. The Kier molecular flexibility index (Phi) is 4.72. The lowest BCUT2D eigenvalue weighted by Gasteiger charge is -2.11. The van der Waals surface area contributed by atoms with E-state index in [1.54, 1.807) is 25.1 Å². The lowest BCUT2D eigenvalue weighted by Crippen LogP contribution is -2.17. The standard InChI is InChI=1S/C12H15F3N2O/c1-8-2-3-9(7-16)6-10(8)17-11(18)4-5-12(13,14)15/h2-3,6H,4-5,7,16H2,1H3,(H,17,18). The molecule has 0 saturated heterocycles. The van der Waals surface area contributed by atoms with Crippen LogP contribution in [-0.2, 0) is 11.3 Å². The zero-order valence-corrected chi connectivity index (χ0v) is 9.97. The van der Waals surface area contributed by atoms with E-state index >= 15 is 0 Å². The number of nitrogens with two attached hydrogens (primary N) is 1. The van der Waals surface area contributed by atoms with Gasteiger partial charge in [0.1, 0.15) is 0 Å². The molecule has 18 heavy (non-hydrogen) atoms. The third kappa shape index (κ3) is 4.75. The zero-order chi connectivity index (χ0) is 13.8. The average Bonchev–Trinajstić information content (AvgIpc) is 2.28. The predicted molar refractivity (Wildman–Crippen MR) is 63.0 cm³/mol. The summed E-state index contributed by atoms with van der Waals surface area (Å²) < 4.78 is 35.9. The van der Waals surface area contributed by atoms with Gasteiger partial charge in [-0.3, -0.25) is 4.79 Å². The van der Waals surface area contributed by atoms with E-state index in [1.165, 1.54) is 0 Å². The molecule has 0 heterocycles. The topological polar surface area (TPSA) is 55.1 Å². The zero-order valence-electron chi connectivity index (χ0n) is 9.97. The second kappa shape index (κ2) is 5.86. The molecule has 0 atom stereocenters. The normalized spacial score (nSPS) is 11.4. The summed E-state index contributed by atoms with van der Waals surface area (Å²) in [7, 11) is 0. The molecule has 100 valence electrons. The van der Waals surface area contributed by atoms with Crippen LogP contribution in [0.15, 0.2) is 18.2 Å². The average molecular weight is 260 g/mol. The summed E-state index contributed by atoms with van der Waals surface area (Å²) in [6.07, 6.45) is -6.00. The Bertz CT molecular complexity index is 430. The fourth-order valence-corrected chi connectivity index (χ4v) is 1.40. The van der Waals surface area contributed by atoms with Crippen LogP contribution in [0.25, 0.3) is 0 Å². The van der Waals surface area contributed by atoms with Gasteiger partial charge in [-0.05, 0) is 24.1 Å². The van der Waals surface area contributed by atoms with Crippen LogP contribution >= 0.6 is 0 Å². The SMILES string of the molecule is Cc1ccc(CN)cc1NC(=O)CCC(F)(F)F. The smallest absolute Gasteiger partial charge is 0.326 e. The van der Waals surface area contributed by atoms with Crippen molar-refractivity contribution in [3.05, 3.63) is 29.3 Å². The molecule has 1 aromatic carbocycles. The summed E-state index contributed by atoms with van der Waals surface area (Å²) in [6, 6.07) is 5.24. The fraction of sp³-hybridized carbons (Fsp3) is 0.417. The number of hydrogen-bond donors (Lipinski definition) is 2. The summed E-state index contributed by atoms with van der Waals surface area (Å²) in [6.45, 7) is 2.07. The van der Waals surface area contributed by atoms with E-state index in [-0.39, 0.29) is 0 Å². The number of nitrogens with one attached hydrogen (secondary N) is 1. The highest BCUT2D eigenvalue weighted by Gasteiger charge is 2.27. The van der Waals surface area contributed by atoms with Crippen molar-refractivity contribution in [2.75, 3.05) is 5.32 Å². The number of benzene rings is 1. The number of aryl methyl sites for hydroxylation is 1. The van der Waals surface area contributed by atoms with Crippen molar-refractivity contribution < 1.29 is 18.0 Å². The van der Waals surface area contributed by atoms with Crippen LogP contribution < -0.4 is 11.1 Å². The lowest BCUT2D eigenvalue weighted by molar-refractivity contribution is -0.142. The monoisotopic (exact) mass is 260 g/mol. The molecule has 0 fully saturated rings. The van der Waals surface area contributed by atoms with Crippen molar-refractivity contribution in [3.63, 3.8) is 0 Å². The minimum absolute atomic E-state index is 0.311. The molecule has 0 spiro atoms. The summed E-state index contributed by atoms with van der Waals surface area (Å²) in [5, 5.41) is 2.46. The van der Waals surface area contributed by atoms with Gasteiger partial charge in [-0.15, -0.1) is 0 Å². The van der Waals surface area contributed by atoms with Crippen LogP contribution in [0.3, 0.4) is 0 Å². The van der Waals surface area contributed by atoms with Gasteiger partial charge in [0, 0.05) is 18.7 Å². The summed E-state index contributed by atoms with van der Waals surface area (Å²) in [5.74, 6) is -0.649. The molecular formula is C12H15F3N2O. The number of hydrogen-bond acceptors (Lipinski definition) is 2. The van der Waals surface area contributed by atoms with Crippen LogP contribution in [0.2, 0.25) is 0 Å². The molecule has 6 heteroatoms. The van der Waals surface area contributed by atoms with Crippen molar-refractivity contribution >= 4 is 11.6 Å². The molecular weight excluding hydrogens is 245 g/mol. The number of amides is 1. The molecule has 0 aliphatic rings.